The van der Waals surface area contributed by atoms with Gasteiger partial charge >= 0.3 is 0 Å². The number of hydrogen-bond donors (Lipinski definition) is 1. The lowest BCUT2D eigenvalue weighted by atomic mass is 10.1. The molecule has 0 bridgehead atoms. The van der Waals surface area contributed by atoms with Crippen LogP contribution in [0.1, 0.15) is 28.4 Å². The van der Waals surface area contributed by atoms with Gasteiger partial charge in [0.25, 0.3) is 5.91 Å². The number of carbonyl (C=O) groups excluding carboxylic acids is 1. The van der Waals surface area contributed by atoms with Crippen molar-refractivity contribution in [3.8, 4) is 0 Å². The quantitative estimate of drug-likeness (QED) is 0.917. The van der Waals surface area contributed by atoms with Crippen LogP contribution in [0.3, 0.4) is 0 Å². The van der Waals surface area contributed by atoms with Crippen molar-refractivity contribution in [1.29, 1.82) is 0 Å². The van der Waals surface area contributed by atoms with Crippen LogP contribution in [0.25, 0.3) is 0 Å². The van der Waals surface area contributed by atoms with Crippen LogP contribution >= 0.6 is 11.6 Å². The molecule has 0 saturated carbocycles. The second-order valence-corrected chi connectivity index (χ2v) is 7.07. The van der Waals surface area contributed by atoms with Crippen LogP contribution in [0, 0.1) is 0 Å². The Morgan fingerprint density at radius 2 is 2.08 bits per heavy atom. The number of morpholine rings is 1. The van der Waals surface area contributed by atoms with Gasteiger partial charge in [-0.15, -0.1) is 0 Å². The molecule has 2 aliphatic rings. The van der Waals surface area contributed by atoms with Gasteiger partial charge in [-0.3, -0.25) is 14.7 Å². The average Bonchev–Trinajstić information content (AvgIpc) is 3.04. The molecule has 2 saturated heterocycles. The SMILES string of the molecule is O=C(N[C@@H]1C[C@H]2CO[C@@H](c3ccc(Cl)cc3)CN2C1)c1cccnc1. The third kappa shape index (κ3) is 3.68. The van der Waals surface area contributed by atoms with E-state index in [4.69, 9.17) is 16.3 Å². The van der Waals surface area contributed by atoms with Crippen LogP contribution in [0.5, 0.6) is 0 Å². The molecule has 0 unspecified atom stereocenters. The summed E-state index contributed by atoms with van der Waals surface area (Å²) in [5, 5.41) is 3.85. The minimum atomic E-state index is -0.0619. The van der Waals surface area contributed by atoms with Gasteiger partial charge in [0.1, 0.15) is 0 Å². The number of pyridine rings is 1. The van der Waals surface area contributed by atoms with Crippen LogP contribution < -0.4 is 5.32 Å². The lowest BCUT2D eigenvalue weighted by molar-refractivity contribution is -0.0502. The summed E-state index contributed by atoms with van der Waals surface area (Å²) in [4.78, 5) is 18.7. The zero-order chi connectivity index (χ0) is 17.2. The monoisotopic (exact) mass is 357 g/mol. The summed E-state index contributed by atoms with van der Waals surface area (Å²) in [6.45, 7) is 2.38. The highest BCUT2D eigenvalue weighted by Crippen LogP contribution is 2.30. The molecule has 130 valence electrons. The minimum absolute atomic E-state index is 0.0568. The third-order valence-electron chi connectivity index (χ3n) is 4.92. The van der Waals surface area contributed by atoms with E-state index >= 15 is 0 Å². The van der Waals surface area contributed by atoms with Crippen molar-refractivity contribution >= 4 is 17.5 Å². The summed E-state index contributed by atoms with van der Waals surface area (Å²) in [6.07, 6.45) is 4.23. The molecule has 1 amide bonds. The van der Waals surface area contributed by atoms with Gasteiger partial charge in [-0.2, -0.15) is 0 Å². The van der Waals surface area contributed by atoms with Gasteiger partial charge in [-0.05, 0) is 36.2 Å². The number of ether oxygens (including phenoxy) is 1. The van der Waals surface area contributed by atoms with Crippen molar-refractivity contribution in [2.45, 2.75) is 24.6 Å². The molecule has 1 aromatic heterocycles. The van der Waals surface area contributed by atoms with Crippen molar-refractivity contribution in [3.05, 3.63) is 64.9 Å². The smallest absolute Gasteiger partial charge is 0.253 e. The number of fused-ring (bicyclic) bond motifs is 1. The fourth-order valence-corrected chi connectivity index (χ4v) is 3.75. The predicted molar refractivity (Wildman–Crippen MR) is 95.6 cm³/mol. The van der Waals surface area contributed by atoms with E-state index in [1.165, 1.54) is 0 Å². The fourth-order valence-electron chi connectivity index (χ4n) is 3.62. The maximum atomic E-state index is 12.3. The zero-order valence-corrected chi connectivity index (χ0v) is 14.5. The molecular formula is C19H20ClN3O2. The maximum Gasteiger partial charge on any atom is 0.253 e. The predicted octanol–water partition coefficient (Wildman–Crippen LogP) is 2.68. The molecule has 3 heterocycles. The number of nitrogens with one attached hydrogen (secondary N) is 1. The standard InChI is InChI=1S/C19H20ClN3O2/c20-15-5-3-13(4-6-15)18-11-23-10-16(8-17(23)12-25-18)22-19(24)14-2-1-7-21-9-14/h1-7,9,16-18H,8,10-12H2,(H,22,24)/t16-,17+,18-/m1/s1. The summed E-state index contributed by atoms with van der Waals surface area (Å²) in [5.74, 6) is -0.0619. The Bertz CT molecular complexity index is 738. The van der Waals surface area contributed by atoms with Gasteiger partial charge in [-0.1, -0.05) is 23.7 Å². The number of aromatic nitrogens is 1. The topological polar surface area (TPSA) is 54.5 Å². The minimum Gasteiger partial charge on any atom is -0.371 e. The number of hydrogen-bond acceptors (Lipinski definition) is 4. The van der Waals surface area contributed by atoms with Gasteiger partial charge in [0.15, 0.2) is 0 Å². The van der Waals surface area contributed by atoms with Crippen LogP contribution in [-0.2, 0) is 4.74 Å². The first-order valence-corrected chi connectivity index (χ1v) is 8.89. The Kier molecular flexibility index (Phi) is 4.70. The van der Waals surface area contributed by atoms with Gasteiger partial charge < -0.3 is 10.1 Å². The molecule has 2 fully saturated rings. The second-order valence-electron chi connectivity index (χ2n) is 6.63. The molecule has 1 aromatic carbocycles. The molecule has 2 aromatic rings. The molecule has 0 radical (unpaired) electrons. The molecule has 25 heavy (non-hydrogen) atoms. The molecule has 6 heteroatoms. The highest BCUT2D eigenvalue weighted by Gasteiger charge is 2.38. The summed E-state index contributed by atoms with van der Waals surface area (Å²) in [6, 6.07) is 11.9. The Labute approximate surface area is 152 Å². The van der Waals surface area contributed by atoms with Crippen molar-refractivity contribution in [3.63, 3.8) is 0 Å². The number of rotatable bonds is 3. The van der Waals surface area contributed by atoms with E-state index in [2.05, 4.69) is 15.2 Å². The first-order chi connectivity index (χ1) is 12.2. The molecule has 4 rings (SSSR count). The highest BCUT2D eigenvalue weighted by atomic mass is 35.5. The number of carbonyl (C=O) groups is 1. The first kappa shape index (κ1) is 16.5. The molecule has 2 aliphatic heterocycles. The van der Waals surface area contributed by atoms with Crippen LogP contribution in [0.4, 0.5) is 0 Å². The summed E-state index contributed by atoms with van der Waals surface area (Å²) >= 11 is 5.96. The normalized spacial score (nSPS) is 26.2. The summed E-state index contributed by atoms with van der Waals surface area (Å²) in [5.41, 5.74) is 1.74. The molecule has 1 N–H and O–H groups in total. The molecule has 0 aliphatic carbocycles. The Morgan fingerprint density at radius 1 is 1.24 bits per heavy atom. The maximum absolute atomic E-state index is 12.3. The molecule has 0 spiro atoms. The largest absolute Gasteiger partial charge is 0.371 e. The van der Waals surface area contributed by atoms with Gasteiger partial charge in [0.2, 0.25) is 0 Å². The van der Waals surface area contributed by atoms with E-state index in [1.807, 2.05) is 24.3 Å². The Hall–Kier alpha value is -1.95. The number of benzene rings is 1. The lowest BCUT2D eigenvalue weighted by Crippen LogP contribution is -2.43. The van der Waals surface area contributed by atoms with Crippen LogP contribution in [-0.4, -0.2) is 47.6 Å². The summed E-state index contributed by atoms with van der Waals surface area (Å²) < 4.78 is 6.05. The fraction of sp³-hybridized carbons (Fsp3) is 0.368. The van der Waals surface area contributed by atoms with Crippen molar-refractivity contribution in [2.24, 2.45) is 0 Å². The summed E-state index contributed by atoms with van der Waals surface area (Å²) in [7, 11) is 0. The highest BCUT2D eigenvalue weighted by molar-refractivity contribution is 6.30. The number of halogens is 1. The van der Waals surface area contributed by atoms with Crippen molar-refractivity contribution < 1.29 is 9.53 Å². The Morgan fingerprint density at radius 3 is 2.84 bits per heavy atom. The van der Waals surface area contributed by atoms with Crippen molar-refractivity contribution in [2.75, 3.05) is 19.7 Å². The van der Waals surface area contributed by atoms with Gasteiger partial charge in [-0.25, -0.2) is 0 Å². The zero-order valence-electron chi connectivity index (χ0n) is 13.8. The van der Waals surface area contributed by atoms with Crippen LogP contribution in [0.15, 0.2) is 48.8 Å². The number of nitrogens with zero attached hydrogens (tertiary/aromatic N) is 2. The van der Waals surface area contributed by atoms with E-state index in [0.29, 0.717) is 18.2 Å². The number of amides is 1. The second kappa shape index (κ2) is 7.12. The van der Waals surface area contributed by atoms with E-state index in [-0.39, 0.29) is 18.1 Å². The molecule has 5 nitrogen and oxygen atoms in total. The average molecular weight is 358 g/mol. The van der Waals surface area contributed by atoms with Crippen molar-refractivity contribution in [1.82, 2.24) is 15.2 Å². The van der Waals surface area contributed by atoms with E-state index in [1.54, 1.807) is 24.5 Å². The first-order valence-electron chi connectivity index (χ1n) is 8.51. The molecule has 3 atom stereocenters. The third-order valence-corrected chi connectivity index (χ3v) is 5.17. The van der Waals surface area contributed by atoms with E-state index in [0.717, 1.165) is 30.1 Å². The van der Waals surface area contributed by atoms with Crippen LogP contribution in [0.2, 0.25) is 5.02 Å². The molecular weight excluding hydrogens is 338 g/mol. The van der Waals surface area contributed by atoms with E-state index in [9.17, 15) is 4.79 Å². The van der Waals surface area contributed by atoms with Gasteiger partial charge in [0.05, 0.1) is 18.3 Å². The van der Waals surface area contributed by atoms with Gasteiger partial charge in [0, 0.05) is 42.6 Å². The lowest BCUT2D eigenvalue weighted by Gasteiger charge is -2.35. The Balaban J connectivity index is 1.37. The van der Waals surface area contributed by atoms with E-state index < -0.39 is 0 Å².